The Kier molecular flexibility index (Phi) is 6.32. The van der Waals surface area contributed by atoms with Gasteiger partial charge >= 0.3 is 6.18 Å². The van der Waals surface area contributed by atoms with E-state index >= 15 is 0 Å². The van der Waals surface area contributed by atoms with Crippen LogP contribution in [-0.4, -0.2) is 57.1 Å². The van der Waals surface area contributed by atoms with E-state index in [9.17, 15) is 18.0 Å². The minimum atomic E-state index is -4.46. The van der Waals surface area contributed by atoms with Crippen LogP contribution in [0.3, 0.4) is 0 Å². The smallest absolute Gasteiger partial charge is 0.371 e. The molecule has 1 unspecified atom stereocenters. The molecule has 0 N–H and O–H groups in total. The fraction of sp³-hybridized carbons (Fsp3) is 0.615. The lowest BCUT2D eigenvalue weighted by Gasteiger charge is -2.40. The van der Waals surface area contributed by atoms with Crippen LogP contribution in [0.15, 0.2) is 29.3 Å². The van der Waals surface area contributed by atoms with Crippen molar-refractivity contribution in [2.75, 3.05) is 42.6 Å². The van der Waals surface area contributed by atoms with E-state index in [2.05, 4.69) is 15.0 Å². The Morgan fingerprint density at radius 1 is 1.13 bits per heavy atom. The molecule has 3 aromatic heterocycles. The highest BCUT2D eigenvalue weighted by molar-refractivity contribution is 5.75. The number of hydrogen-bond donors (Lipinski definition) is 0. The summed E-state index contributed by atoms with van der Waals surface area (Å²) in [7, 11) is 0. The van der Waals surface area contributed by atoms with E-state index in [-0.39, 0.29) is 17.2 Å². The molecular weight excluding hydrogens is 499 g/mol. The monoisotopic (exact) mass is 531 g/mol. The van der Waals surface area contributed by atoms with Crippen molar-refractivity contribution in [3.8, 4) is 0 Å². The first kappa shape index (κ1) is 25.1. The lowest BCUT2D eigenvalue weighted by atomic mass is 9.78. The molecule has 1 spiro atoms. The highest BCUT2D eigenvalue weighted by Crippen LogP contribution is 2.43. The Morgan fingerprint density at radius 2 is 1.89 bits per heavy atom. The number of nitrogens with zero attached hydrogens (tertiary/aromatic N) is 7. The van der Waals surface area contributed by atoms with Gasteiger partial charge in [0.05, 0.1) is 6.20 Å². The molecule has 0 aliphatic carbocycles. The number of hydrogen-bond acceptors (Lipinski definition) is 7. The van der Waals surface area contributed by atoms with Gasteiger partial charge in [-0.15, -0.1) is 0 Å². The van der Waals surface area contributed by atoms with Crippen molar-refractivity contribution in [3.05, 3.63) is 40.6 Å². The number of anilines is 2. The molecule has 1 atom stereocenters. The quantitative estimate of drug-likeness (QED) is 0.499. The van der Waals surface area contributed by atoms with Gasteiger partial charge in [0.2, 0.25) is 5.95 Å². The third-order valence-corrected chi connectivity index (χ3v) is 8.38. The normalized spacial score (nSPS) is 22.1. The second-order valence-corrected chi connectivity index (χ2v) is 10.7. The molecule has 3 saturated heterocycles. The molecule has 38 heavy (non-hydrogen) atoms. The van der Waals surface area contributed by atoms with E-state index in [1.165, 1.54) is 6.20 Å². The first-order valence-electron chi connectivity index (χ1n) is 13.4. The molecule has 9 nitrogen and oxygen atoms in total. The van der Waals surface area contributed by atoms with Crippen molar-refractivity contribution in [2.24, 2.45) is 5.41 Å². The van der Waals surface area contributed by atoms with Gasteiger partial charge in [0, 0.05) is 51.2 Å². The highest BCUT2D eigenvalue weighted by atomic mass is 19.4. The van der Waals surface area contributed by atoms with E-state index in [0.717, 1.165) is 57.7 Å². The van der Waals surface area contributed by atoms with Gasteiger partial charge in [-0.3, -0.25) is 14.3 Å². The lowest BCUT2D eigenvalue weighted by Crippen LogP contribution is -2.44. The maximum Gasteiger partial charge on any atom is 0.433 e. The topological polar surface area (TPSA) is 81.3 Å². The molecule has 3 aliphatic heterocycles. The molecule has 3 aliphatic rings. The molecule has 204 valence electrons. The zero-order valence-corrected chi connectivity index (χ0v) is 21.5. The molecule has 0 radical (unpaired) electrons. The Labute approximate surface area is 218 Å². The maximum absolute atomic E-state index is 13.4. The van der Waals surface area contributed by atoms with Gasteiger partial charge in [0.1, 0.15) is 11.1 Å². The minimum absolute atomic E-state index is 0.0251. The van der Waals surface area contributed by atoms with E-state index in [0.29, 0.717) is 48.9 Å². The lowest BCUT2D eigenvalue weighted by molar-refractivity contribution is -0.141. The first-order valence-corrected chi connectivity index (χ1v) is 13.4. The van der Waals surface area contributed by atoms with Crippen molar-refractivity contribution in [3.63, 3.8) is 0 Å². The number of alkyl halides is 3. The molecule has 3 fully saturated rings. The number of ether oxygens (including phenoxy) is 1. The van der Waals surface area contributed by atoms with Gasteiger partial charge < -0.3 is 14.5 Å². The SMILES string of the molecule is CCn1c(N2CCC3(CCN(c4ccnc(C(F)(F)F)c4)C3)CC2)nc2c(cnn2C2CCCCO2)c1=O. The Balaban J connectivity index is 1.22. The van der Waals surface area contributed by atoms with Gasteiger partial charge in [-0.1, -0.05) is 0 Å². The van der Waals surface area contributed by atoms with E-state index in [1.54, 1.807) is 21.5 Å². The fourth-order valence-corrected chi connectivity index (χ4v) is 6.18. The summed E-state index contributed by atoms with van der Waals surface area (Å²) in [5, 5.41) is 4.97. The molecule has 3 aromatic rings. The summed E-state index contributed by atoms with van der Waals surface area (Å²) in [6.45, 7) is 5.99. The third-order valence-electron chi connectivity index (χ3n) is 8.38. The molecule has 12 heteroatoms. The number of aromatic nitrogens is 5. The fourth-order valence-electron chi connectivity index (χ4n) is 6.18. The van der Waals surface area contributed by atoms with Crippen LogP contribution in [0.4, 0.5) is 24.8 Å². The molecule has 0 saturated carbocycles. The molecule has 0 amide bonds. The van der Waals surface area contributed by atoms with Crippen molar-refractivity contribution < 1.29 is 17.9 Å². The molecule has 0 aromatic carbocycles. The Hall–Kier alpha value is -3.15. The predicted molar refractivity (Wildman–Crippen MR) is 136 cm³/mol. The average Bonchev–Trinajstić information content (AvgIpc) is 3.54. The van der Waals surface area contributed by atoms with Crippen molar-refractivity contribution in [2.45, 2.75) is 64.4 Å². The van der Waals surface area contributed by atoms with Gasteiger partial charge in [0.25, 0.3) is 5.56 Å². The zero-order chi connectivity index (χ0) is 26.5. The summed E-state index contributed by atoms with van der Waals surface area (Å²) < 4.78 is 48.9. The predicted octanol–water partition coefficient (Wildman–Crippen LogP) is 4.22. The summed E-state index contributed by atoms with van der Waals surface area (Å²) in [5.41, 5.74) is 0.198. The summed E-state index contributed by atoms with van der Waals surface area (Å²) in [6, 6.07) is 2.80. The number of halogens is 3. The van der Waals surface area contributed by atoms with Crippen LogP contribution < -0.4 is 15.4 Å². The van der Waals surface area contributed by atoms with Crippen LogP contribution >= 0.6 is 0 Å². The van der Waals surface area contributed by atoms with Crippen LogP contribution in [0.2, 0.25) is 0 Å². The van der Waals surface area contributed by atoms with E-state index < -0.39 is 11.9 Å². The van der Waals surface area contributed by atoms with Gasteiger partial charge in [0.15, 0.2) is 11.9 Å². The largest absolute Gasteiger partial charge is 0.433 e. The standard InChI is InChI=1S/C26H32F3N7O2/c1-2-35-23(37)19-16-31-36(21-5-3-4-14-38-21)22(19)32-24(35)33-11-7-25(8-12-33)9-13-34(17-25)18-6-10-30-20(15-18)26(27,28)29/h6,10,15-16,21H,2-5,7-9,11-14,17H2,1H3. The molecular formula is C26H32F3N7O2. The molecule has 6 rings (SSSR count). The Bertz CT molecular complexity index is 1370. The number of rotatable bonds is 4. The first-order chi connectivity index (χ1) is 18.3. The van der Waals surface area contributed by atoms with Gasteiger partial charge in [-0.2, -0.15) is 23.3 Å². The van der Waals surface area contributed by atoms with Crippen molar-refractivity contribution in [1.29, 1.82) is 0 Å². The zero-order valence-electron chi connectivity index (χ0n) is 21.5. The molecule has 0 bridgehead atoms. The Morgan fingerprint density at radius 3 is 2.58 bits per heavy atom. The van der Waals surface area contributed by atoms with Crippen LogP contribution in [0.5, 0.6) is 0 Å². The summed E-state index contributed by atoms with van der Waals surface area (Å²) >= 11 is 0. The van der Waals surface area contributed by atoms with Crippen LogP contribution in [0.1, 0.15) is 57.4 Å². The second kappa shape index (κ2) is 9.55. The van der Waals surface area contributed by atoms with Crippen molar-refractivity contribution in [1.82, 2.24) is 24.3 Å². The number of pyridine rings is 1. The van der Waals surface area contributed by atoms with Crippen LogP contribution in [0, 0.1) is 5.41 Å². The van der Waals surface area contributed by atoms with Crippen molar-refractivity contribution >= 4 is 22.7 Å². The van der Waals surface area contributed by atoms with E-state index in [4.69, 9.17) is 9.72 Å². The minimum Gasteiger partial charge on any atom is -0.371 e. The second-order valence-electron chi connectivity index (χ2n) is 10.7. The van der Waals surface area contributed by atoms with Gasteiger partial charge in [-0.25, -0.2) is 4.68 Å². The summed E-state index contributed by atoms with van der Waals surface area (Å²) in [4.78, 5) is 26.1. The summed E-state index contributed by atoms with van der Waals surface area (Å²) in [5.74, 6) is 0.649. The van der Waals surface area contributed by atoms with E-state index in [1.807, 2.05) is 11.8 Å². The van der Waals surface area contributed by atoms with Crippen LogP contribution in [0.25, 0.3) is 11.0 Å². The number of piperidine rings is 1. The molecule has 6 heterocycles. The third kappa shape index (κ3) is 4.42. The number of fused-ring (bicyclic) bond motifs is 1. The maximum atomic E-state index is 13.4. The summed E-state index contributed by atoms with van der Waals surface area (Å²) in [6.07, 6.45) is 3.76. The average molecular weight is 532 g/mol. The van der Waals surface area contributed by atoms with Crippen LogP contribution in [-0.2, 0) is 17.5 Å². The highest BCUT2D eigenvalue weighted by Gasteiger charge is 2.42. The van der Waals surface area contributed by atoms with Gasteiger partial charge in [-0.05, 0) is 63.0 Å².